The second-order valence-corrected chi connectivity index (χ2v) is 7.27. The highest BCUT2D eigenvalue weighted by Gasteiger charge is 2.13. The van der Waals surface area contributed by atoms with Crippen LogP contribution in [0.2, 0.25) is 0 Å². The van der Waals surface area contributed by atoms with E-state index in [1.54, 1.807) is 18.2 Å². The van der Waals surface area contributed by atoms with Crippen LogP contribution >= 0.6 is 12.2 Å². The van der Waals surface area contributed by atoms with E-state index in [4.69, 9.17) is 21.7 Å². The number of hydrogen-bond donors (Lipinski definition) is 2. The van der Waals surface area contributed by atoms with Crippen LogP contribution in [0.1, 0.15) is 29.3 Å². The molecule has 0 saturated heterocycles. The molecular formula is C25H26N2O3S. The standard InChI is InChI=1S/C25H26N2O3S/c1-2-17-29-21-14-12-20(13-15-21)26-25(31)27-24(28)22-10-6-7-11-23(22)30-18-16-19-8-4-3-5-9-19/h3-15H,2,16-18H2,1H3,(H2,26,27,28,31). The molecule has 0 aliphatic heterocycles. The molecule has 0 spiro atoms. The Morgan fingerprint density at radius 1 is 0.871 bits per heavy atom. The molecule has 0 fully saturated rings. The van der Waals surface area contributed by atoms with Gasteiger partial charge in [-0.15, -0.1) is 0 Å². The molecule has 0 aliphatic carbocycles. The second kappa shape index (κ2) is 11.7. The molecule has 2 N–H and O–H groups in total. The van der Waals surface area contributed by atoms with Gasteiger partial charge in [0.2, 0.25) is 0 Å². The molecule has 0 aliphatic rings. The number of rotatable bonds is 9. The average Bonchev–Trinajstić information content (AvgIpc) is 2.79. The zero-order valence-corrected chi connectivity index (χ0v) is 18.3. The maximum absolute atomic E-state index is 12.7. The summed E-state index contributed by atoms with van der Waals surface area (Å²) in [7, 11) is 0. The smallest absolute Gasteiger partial charge is 0.261 e. The molecule has 3 aromatic rings. The molecule has 0 radical (unpaired) electrons. The van der Waals surface area contributed by atoms with Crippen LogP contribution in [-0.4, -0.2) is 24.2 Å². The van der Waals surface area contributed by atoms with Crippen molar-refractivity contribution >= 4 is 28.9 Å². The third-order valence-electron chi connectivity index (χ3n) is 4.43. The lowest BCUT2D eigenvalue weighted by Crippen LogP contribution is -2.34. The Morgan fingerprint density at radius 3 is 2.32 bits per heavy atom. The van der Waals surface area contributed by atoms with E-state index in [0.29, 0.717) is 24.5 Å². The maximum atomic E-state index is 12.7. The van der Waals surface area contributed by atoms with Gasteiger partial charge in [-0.2, -0.15) is 0 Å². The number of hydrogen-bond acceptors (Lipinski definition) is 4. The van der Waals surface area contributed by atoms with Crippen molar-refractivity contribution in [3.63, 3.8) is 0 Å². The van der Waals surface area contributed by atoms with Crippen LogP contribution < -0.4 is 20.1 Å². The normalized spacial score (nSPS) is 10.2. The molecule has 0 saturated carbocycles. The van der Waals surface area contributed by atoms with Gasteiger partial charge in [0.25, 0.3) is 5.91 Å². The zero-order chi connectivity index (χ0) is 21.9. The number of benzene rings is 3. The molecule has 0 heterocycles. The Morgan fingerprint density at radius 2 is 1.58 bits per heavy atom. The fourth-order valence-electron chi connectivity index (χ4n) is 2.89. The third kappa shape index (κ3) is 7.12. The van der Waals surface area contributed by atoms with Crippen LogP contribution in [0.4, 0.5) is 5.69 Å². The summed E-state index contributed by atoms with van der Waals surface area (Å²) >= 11 is 5.29. The Kier molecular flexibility index (Phi) is 8.43. The molecule has 0 aromatic heterocycles. The van der Waals surface area contributed by atoms with Crippen molar-refractivity contribution in [1.29, 1.82) is 0 Å². The minimum Gasteiger partial charge on any atom is -0.494 e. The number of nitrogens with one attached hydrogen (secondary N) is 2. The van der Waals surface area contributed by atoms with Crippen molar-refractivity contribution < 1.29 is 14.3 Å². The lowest BCUT2D eigenvalue weighted by Gasteiger charge is -2.13. The number of para-hydroxylation sites is 1. The monoisotopic (exact) mass is 434 g/mol. The van der Waals surface area contributed by atoms with E-state index >= 15 is 0 Å². The molecule has 0 atom stereocenters. The quantitative estimate of drug-likeness (QED) is 0.452. The van der Waals surface area contributed by atoms with Gasteiger partial charge in [0, 0.05) is 12.1 Å². The largest absolute Gasteiger partial charge is 0.494 e. The third-order valence-corrected chi connectivity index (χ3v) is 4.64. The van der Waals surface area contributed by atoms with Crippen molar-refractivity contribution in [3.05, 3.63) is 90.0 Å². The van der Waals surface area contributed by atoms with E-state index in [9.17, 15) is 4.79 Å². The summed E-state index contributed by atoms with van der Waals surface area (Å²) in [4.78, 5) is 12.7. The first-order valence-corrected chi connectivity index (χ1v) is 10.7. The number of carbonyl (C=O) groups excluding carboxylic acids is 1. The number of amides is 1. The van der Waals surface area contributed by atoms with Crippen molar-refractivity contribution in [1.82, 2.24) is 5.32 Å². The van der Waals surface area contributed by atoms with Gasteiger partial charge < -0.3 is 14.8 Å². The summed E-state index contributed by atoms with van der Waals surface area (Å²) in [6.07, 6.45) is 1.71. The average molecular weight is 435 g/mol. The first kappa shape index (κ1) is 22.3. The van der Waals surface area contributed by atoms with E-state index < -0.39 is 0 Å². The minimum absolute atomic E-state index is 0.214. The Balaban J connectivity index is 1.54. The summed E-state index contributed by atoms with van der Waals surface area (Å²) in [6, 6.07) is 24.6. The predicted octanol–water partition coefficient (Wildman–Crippen LogP) is 5.22. The van der Waals surface area contributed by atoms with Gasteiger partial charge in [-0.05, 0) is 60.6 Å². The molecular weight excluding hydrogens is 408 g/mol. The Bertz CT molecular complexity index is 991. The van der Waals surface area contributed by atoms with Crippen LogP contribution in [0, 0.1) is 0 Å². The number of thiocarbonyl (C=S) groups is 1. The Hall–Kier alpha value is -3.38. The molecule has 31 heavy (non-hydrogen) atoms. The van der Waals surface area contributed by atoms with Gasteiger partial charge >= 0.3 is 0 Å². The fraction of sp³-hybridized carbons (Fsp3) is 0.200. The lowest BCUT2D eigenvalue weighted by molar-refractivity contribution is 0.0974. The number of ether oxygens (including phenoxy) is 2. The van der Waals surface area contributed by atoms with Crippen LogP contribution in [0.25, 0.3) is 0 Å². The second-order valence-electron chi connectivity index (χ2n) is 6.86. The van der Waals surface area contributed by atoms with Crippen LogP contribution in [0.3, 0.4) is 0 Å². The summed E-state index contributed by atoms with van der Waals surface area (Å²) in [5, 5.41) is 5.94. The molecule has 160 valence electrons. The van der Waals surface area contributed by atoms with E-state index in [-0.39, 0.29) is 11.0 Å². The maximum Gasteiger partial charge on any atom is 0.261 e. The van der Waals surface area contributed by atoms with E-state index in [1.807, 2.05) is 48.5 Å². The Labute approximate surface area is 188 Å². The highest BCUT2D eigenvalue weighted by atomic mass is 32.1. The summed E-state index contributed by atoms with van der Waals surface area (Å²) in [6.45, 7) is 3.21. The van der Waals surface area contributed by atoms with Gasteiger partial charge in [0.1, 0.15) is 11.5 Å². The van der Waals surface area contributed by atoms with Crippen molar-refractivity contribution in [2.24, 2.45) is 0 Å². The molecule has 3 aromatic carbocycles. The highest BCUT2D eigenvalue weighted by Crippen LogP contribution is 2.19. The molecule has 1 amide bonds. The van der Waals surface area contributed by atoms with E-state index in [1.165, 1.54) is 5.56 Å². The first-order chi connectivity index (χ1) is 15.2. The van der Waals surface area contributed by atoms with E-state index in [0.717, 1.165) is 24.3 Å². The van der Waals surface area contributed by atoms with Crippen molar-refractivity contribution in [2.75, 3.05) is 18.5 Å². The summed E-state index contributed by atoms with van der Waals surface area (Å²) < 4.78 is 11.4. The SMILES string of the molecule is CCCOc1ccc(NC(=S)NC(=O)c2ccccc2OCCc2ccccc2)cc1. The van der Waals surface area contributed by atoms with Gasteiger partial charge in [0.15, 0.2) is 5.11 Å². The van der Waals surface area contributed by atoms with Gasteiger partial charge in [-0.3, -0.25) is 10.1 Å². The minimum atomic E-state index is -0.323. The van der Waals surface area contributed by atoms with E-state index in [2.05, 4.69) is 29.7 Å². The van der Waals surface area contributed by atoms with Crippen LogP contribution in [0.15, 0.2) is 78.9 Å². The van der Waals surface area contributed by atoms with Crippen LogP contribution in [-0.2, 0) is 6.42 Å². The van der Waals surface area contributed by atoms with Crippen molar-refractivity contribution in [3.8, 4) is 11.5 Å². The topological polar surface area (TPSA) is 59.6 Å². The van der Waals surface area contributed by atoms with Gasteiger partial charge in [0.05, 0.1) is 18.8 Å². The lowest BCUT2D eigenvalue weighted by atomic mass is 10.1. The fourth-order valence-corrected chi connectivity index (χ4v) is 3.10. The number of carbonyl (C=O) groups is 1. The van der Waals surface area contributed by atoms with Gasteiger partial charge in [-0.25, -0.2) is 0 Å². The highest BCUT2D eigenvalue weighted by molar-refractivity contribution is 7.80. The first-order valence-electron chi connectivity index (χ1n) is 10.3. The van der Waals surface area contributed by atoms with Gasteiger partial charge in [-0.1, -0.05) is 49.4 Å². The molecule has 0 bridgehead atoms. The zero-order valence-electron chi connectivity index (χ0n) is 17.5. The summed E-state index contributed by atoms with van der Waals surface area (Å²) in [5.41, 5.74) is 2.38. The predicted molar refractivity (Wildman–Crippen MR) is 128 cm³/mol. The molecule has 3 rings (SSSR count). The molecule has 5 nitrogen and oxygen atoms in total. The van der Waals surface area contributed by atoms with Crippen LogP contribution in [0.5, 0.6) is 11.5 Å². The molecule has 0 unspecified atom stereocenters. The molecule has 6 heteroatoms. The number of anilines is 1. The summed E-state index contributed by atoms with van der Waals surface area (Å²) in [5.74, 6) is 0.996. The van der Waals surface area contributed by atoms with Crippen molar-refractivity contribution in [2.45, 2.75) is 19.8 Å².